The summed E-state index contributed by atoms with van der Waals surface area (Å²) in [6, 6.07) is 24.8. The number of carbonyl (C=O) groups is 1. The number of fused-ring (bicyclic) bond motifs is 1. The van der Waals surface area contributed by atoms with E-state index in [0.29, 0.717) is 23.7 Å². The Kier molecular flexibility index (Phi) is 7.53. The molecule has 2 aromatic carbocycles. The Morgan fingerprint density at radius 2 is 1.79 bits per heavy atom. The van der Waals surface area contributed by atoms with Crippen molar-refractivity contribution in [2.75, 3.05) is 44.8 Å². The molecule has 39 heavy (non-hydrogen) atoms. The quantitative estimate of drug-likeness (QED) is 0.284. The largest absolute Gasteiger partial charge is 0.492 e. The molecule has 196 valence electrons. The number of nitrogens with zero attached hydrogens (tertiary/aromatic N) is 4. The molecular formula is C30H27N5O3S. The molecule has 1 fully saturated rings. The Balaban J connectivity index is 1.26. The zero-order chi connectivity index (χ0) is 26.4. The summed E-state index contributed by atoms with van der Waals surface area (Å²) in [6.07, 6.45) is 1.75. The highest BCUT2D eigenvalue weighted by Gasteiger charge is 2.17. The molecule has 0 unspecified atom stereocenters. The summed E-state index contributed by atoms with van der Waals surface area (Å²) >= 11 is 1.49. The van der Waals surface area contributed by atoms with Gasteiger partial charge in [-0.1, -0.05) is 53.8 Å². The predicted molar refractivity (Wildman–Crippen MR) is 153 cm³/mol. The van der Waals surface area contributed by atoms with Gasteiger partial charge in [-0.3, -0.25) is 9.69 Å². The molecule has 0 atom stereocenters. The van der Waals surface area contributed by atoms with Crippen LogP contribution in [0.15, 0.2) is 85.1 Å². The number of benzene rings is 2. The van der Waals surface area contributed by atoms with Gasteiger partial charge in [0.1, 0.15) is 33.4 Å². The number of carbonyl (C=O) groups excluding carboxylic acids is 1. The maximum Gasteiger partial charge on any atom is 0.274 e. The van der Waals surface area contributed by atoms with Crippen LogP contribution in [0.4, 0.5) is 5.69 Å². The van der Waals surface area contributed by atoms with E-state index in [2.05, 4.69) is 15.2 Å². The van der Waals surface area contributed by atoms with Crippen LogP contribution in [0.2, 0.25) is 0 Å². The van der Waals surface area contributed by atoms with Crippen LogP contribution in [-0.4, -0.2) is 65.2 Å². The van der Waals surface area contributed by atoms with Crippen LogP contribution < -0.4 is 10.1 Å². The summed E-state index contributed by atoms with van der Waals surface area (Å²) < 4.78 is 11.6. The van der Waals surface area contributed by atoms with Crippen molar-refractivity contribution in [3.63, 3.8) is 0 Å². The molecule has 3 aromatic heterocycles. The van der Waals surface area contributed by atoms with Gasteiger partial charge in [-0.25, -0.2) is 15.0 Å². The third-order valence-corrected chi connectivity index (χ3v) is 7.47. The topological polar surface area (TPSA) is 89.5 Å². The fourth-order valence-corrected chi connectivity index (χ4v) is 5.38. The number of para-hydroxylation sites is 1. The second-order valence-electron chi connectivity index (χ2n) is 9.09. The van der Waals surface area contributed by atoms with E-state index >= 15 is 0 Å². The average molecular weight is 538 g/mol. The number of pyridine rings is 2. The molecule has 1 aliphatic heterocycles. The van der Waals surface area contributed by atoms with E-state index in [1.165, 1.54) is 11.3 Å². The lowest BCUT2D eigenvalue weighted by atomic mass is 10.1. The summed E-state index contributed by atoms with van der Waals surface area (Å²) in [5.74, 6) is 0.283. The Labute approximate surface area is 230 Å². The molecule has 1 N–H and O–H groups in total. The first-order chi connectivity index (χ1) is 19.2. The van der Waals surface area contributed by atoms with E-state index in [1.807, 2.05) is 72.8 Å². The van der Waals surface area contributed by atoms with Gasteiger partial charge in [-0.05, 0) is 24.3 Å². The lowest BCUT2D eigenvalue weighted by Crippen LogP contribution is -2.38. The lowest BCUT2D eigenvalue weighted by molar-refractivity contribution is 0.0322. The SMILES string of the molecule is O=C(Nc1ccccc1-c1nc2cccnc2s1)c1cc(OCCN2CCOCC2)cc(-c2ccccc2)n1. The zero-order valence-electron chi connectivity index (χ0n) is 21.2. The van der Waals surface area contributed by atoms with Crippen molar-refractivity contribution in [1.82, 2.24) is 19.9 Å². The van der Waals surface area contributed by atoms with Crippen molar-refractivity contribution in [2.24, 2.45) is 0 Å². The second-order valence-corrected chi connectivity index (χ2v) is 10.1. The highest BCUT2D eigenvalue weighted by molar-refractivity contribution is 7.21. The molecule has 1 aliphatic rings. The lowest BCUT2D eigenvalue weighted by Gasteiger charge is -2.26. The fourth-order valence-electron chi connectivity index (χ4n) is 4.43. The van der Waals surface area contributed by atoms with Crippen LogP contribution in [0, 0.1) is 0 Å². The molecular weight excluding hydrogens is 510 g/mol. The van der Waals surface area contributed by atoms with Crippen molar-refractivity contribution >= 4 is 33.3 Å². The first-order valence-corrected chi connectivity index (χ1v) is 13.7. The number of thiazole rings is 1. The van der Waals surface area contributed by atoms with Gasteiger partial charge in [0.15, 0.2) is 0 Å². The van der Waals surface area contributed by atoms with Crippen molar-refractivity contribution < 1.29 is 14.3 Å². The average Bonchev–Trinajstić information content (AvgIpc) is 3.43. The van der Waals surface area contributed by atoms with Crippen LogP contribution in [0.25, 0.3) is 32.2 Å². The summed E-state index contributed by atoms with van der Waals surface area (Å²) in [5.41, 5.74) is 4.18. The molecule has 6 rings (SSSR count). The third kappa shape index (κ3) is 5.96. The van der Waals surface area contributed by atoms with Gasteiger partial charge in [0, 0.05) is 49.1 Å². The Hall–Kier alpha value is -4.18. The number of aromatic nitrogens is 3. The number of nitrogens with one attached hydrogen (secondary N) is 1. The number of anilines is 1. The first-order valence-electron chi connectivity index (χ1n) is 12.9. The molecule has 0 saturated carbocycles. The predicted octanol–water partition coefficient (Wildman–Crippen LogP) is 5.38. The second kappa shape index (κ2) is 11.7. The monoisotopic (exact) mass is 537 g/mol. The highest BCUT2D eigenvalue weighted by atomic mass is 32.1. The zero-order valence-corrected chi connectivity index (χ0v) is 22.1. The van der Waals surface area contributed by atoms with Gasteiger partial charge in [-0.15, -0.1) is 0 Å². The molecule has 4 heterocycles. The smallest absolute Gasteiger partial charge is 0.274 e. The Bertz CT molecular complexity index is 1550. The molecule has 8 nitrogen and oxygen atoms in total. The summed E-state index contributed by atoms with van der Waals surface area (Å²) in [7, 11) is 0. The van der Waals surface area contributed by atoms with Gasteiger partial charge in [-0.2, -0.15) is 0 Å². The van der Waals surface area contributed by atoms with Crippen LogP contribution >= 0.6 is 11.3 Å². The molecule has 0 aliphatic carbocycles. The van der Waals surface area contributed by atoms with Gasteiger partial charge < -0.3 is 14.8 Å². The van der Waals surface area contributed by atoms with E-state index in [4.69, 9.17) is 19.4 Å². The number of hydrogen-bond donors (Lipinski definition) is 1. The van der Waals surface area contributed by atoms with E-state index in [9.17, 15) is 4.79 Å². The van der Waals surface area contributed by atoms with Crippen LogP contribution in [0.1, 0.15) is 10.5 Å². The van der Waals surface area contributed by atoms with E-state index in [-0.39, 0.29) is 11.6 Å². The third-order valence-electron chi connectivity index (χ3n) is 6.45. The summed E-state index contributed by atoms with van der Waals surface area (Å²) in [4.78, 5) is 30.5. The van der Waals surface area contributed by atoms with Gasteiger partial charge in [0.2, 0.25) is 0 Å². The minimum absolute atomic E-state index is 0.276. The van der Waals surface area contributed by atoms with Crippen LogP contribution in [-0.2, 0) is 4.74 Å². The molecule has 9 heteroatoms. The van der Waals surface area contributed by atoms with E-state index in [1.54, 1.807) is 12.3 Å². The maximum atomic E-state index is 13.5. The van der Waals surface area contributed by atoms with Crippen molar-refractivity contribution in [2.45, 2.75) is 0 Å². The van der Waals surface area contributed by atoms with Gasteiger partial charge in [0.25, 0.3) is 5.91 Å². The minimum atomic E-state index is -0.322. The maximum absolute atomic E-state index is 13.5. The Morgan fingerprint density at radius 3 is 2.64 bits per heavy atom. The van der Waals surface area contributed by atoms with Crippen molar-refractivity contribution in [3.05, 3.63) is 90.8 Å². The normalized spacial score (nSPS) is 13.8. The number of rotatable bonds is 8. The molecule has 1 saturated heterocycles. The standard InChI is InChI=1S/C30H27N5O3S/c36-28(33-24-10-5-4-9-23(24)29-34-25-11-6-12-31-30(25)39-29)27-20-22(38-18-15-35-13-16-37-17-14-35)19-26(32-27)21-7-2-1-3-8-21/h1-12,19-20H,13-18H2,(H,33,36). The summed E-state index contributed by atoms with van der Waals surface area (Å²) in [5, 5.41) is 3.84. The Morgan fingerprint density at radius 1 is 0.974 bits per heavy atom. The van der Waals surface area contributed by atoms with Gasteiger partial charge in [0.05, 0.1) is 24.6 Å². The number of ether oxygens (including phenoxy) is 2. The first kappa shape index (κ1) is 25.1. The minimum Gasteiger partial charge on any atom is -0.492 e. The fraction of sp³-hybridized carbons (Fsp3) is 0.200. The van der Waals surface area contributed by atoms with Crippen molar-refractivity contribution in [3.8, 4) is 27.6 Å². The number of amides is 1. The van der Waals surface area contributed by atoms with E-state index < -0.39 is 0 Å². The number of hydrogen-bond acceptors (Lipinski definition) is 8. The highest BCUT2D eigenvalue weighted by Crippen LogP contribution is 2.34. The summed E-state index contributed by atoms with van der Waals surface area (Å²) in [6.45, 7) is 4.57. The molecule has 5 aromatic rings. The molecule has 0 spiro atoms. The number of morpholine rings is 1. The molecule has 0 radical (unpaired) electrons. The van der Waals surface area contributed by atoms with E-state index in [0.717, 1.165) is 59.3 Å². The van der Waals surface area contributed by atoms with Crippen LogP contribution in [0.5, 0.6) is 5.75 Å². The van der Waals surface area contributed by atoms with Crippen molar-refractivity contribution in [1.29, 1.82) is 0 Å². The van der Waals surface area contributed by atoms with Crippen LogP contribution in [0.3, 0.4) is 0 Å². The molecule has 0 bridgehead atoms. The molecule has 1 amide bonds. The van der Waals surface area contributed by atoms with Gasteiger partial charge >= 0.3 is 0 Å².